The lowest BCUT2D eigenvalue weighted by Gasteiger charge is -2.21. The fraction of sp³-hybridized carbons (Fsp3) is 0.263. The fourth-order valence-corrected chi connectivity index (χ4v) is 3.00. The molecule has 0 atom stereocenters. The van der Waals surface area contributed by atoms with Gasteiger partial charge in [0, 0.05) is 13.1 Å². The summed E-state index contributed by atoms with van der Waals surface area (Å²) < 4.78 is 20.8. The topological polar surface area (TPSA) is 82.2 Å². The van der Waals surface area contributed by atoms with E-state index in [4.69, 9.17) is 16.3 Å². The Labute approximate surface area is 171 Å². The smallest absolute Gasteiger partial charge is 0.369 e. The van der Waals surface area contributed by atoms with E-state index < -0.39 is 11.5 Å². The molecule has 10 heteroatoms. The van der Waals surface area contributed by atoms with E-state index in [0.29, 0.717) is 22.8 Å². The number of tetrazole rings is 1. The molecule has 1 aromatic heterocycles. The van der Waals surface area contributed by atoms with Crippen molar-refractivity contribution in [3.05, 3.63) is 69.4 Å². The lowest BCUT2D eigenvalue weighted by molar-refractivity contribution is -0.132. The van der Waals surface area contributed by atoms with Crippen molar-refractivity contribution in [2.24, 2.45) is 0 Å². The molecule has 3 aromatic rings. The quantitative estimate of drug-likeness (QED) is 0.586. The van der Waals surface area contributed by atoms with Crippen LogP contribution in [0.15, 0.2) is 47.3 Å². The van der Waals surface area contributed by atoms with Gasteiger partial charge in [0.05, 0.1) is 17.8 Å². The molecule has 0 radical (unpaired) electrons. The first-order valence-corrected chi connectivity index (χ1v) is 9.20. The first kappa shape index (κ1) is 20.5. The van der Waals surface area contributed by atoms with Crippen molar-refractivity contribution in [3.8, 4) is 11.4 Å². The number of para-hydroxylation sites is 1. The maximum atomic E-state index is 13.9. The summed E-state index contributed by atoms with van der Waals surface area (Å²) in [7, 11) is 1.38. The molecule has 0 spiro atoms. The van der Waals surface area contributed by atoms with Gasteiger partial charge in [0.15, 0.2) is 11.6 Å². The minimum absolute atomic E-state index is 0.130. The number of ether oxygens (including phenoxy) is 1. The molecule has 0 saturated carbocycles. The third-order valence-corrected chi connectivity index (χ3v) is 4.65. The van der Waals surface area contributed by atoms with Gasteiger partial charge in [-0.3, -0.25) is 4.79 Å². The highest BCUT2D eigenvalue weighted by atomic mass is 35.5. The zero-order valence-corrected chi connectivity index (χ0v) is 16.6. The van der Waals surface area contributed by atoms with Crippen LogP contribution in [0.5, 0.6) is 5.75 Å². The van der Waals surface area contributed by atoms with Crippen LogP contribution in [0.2, 0.25) is 5.02 Å². The first-order valence-electron chi connectivity index (χ1n) is 8.82. The average molecular weight is 420 g/mol. The predicted molar refractivity (Wildman–Crippen MR) is 105 cm³/mol. The Bertz CT molecular complexity index is 1080. The number of hydrogen-bond donors (Lipinski definition) is 0. The van der Waals surface area contributed by atoms with Crippen molar-refractivity contribution in [1.82, 2.24) is 24.7 Å². The highest BCUT2D eigenvalue weighted by Crippen LogP contribution is 2.19. The number of methoxy groups -OCH3 is 1. The Balaban J connectivity index is 1.76. The monoisotopic (exact) mass is 419 g/mol. The van der Waals surface area contributed by atoms with E-state index in [2.05, 4.69) is 10.4 Å². The van der Waals surface area contributed by atoms with Crippen LogP contribution in [0, 0.1) is 5.82 Å². The van der Waals surface area contributed by atoms with Gasteiger partial charge < -0.3 is 9.64 Å². The van der Waals surface area contributed by atoms with Gasteiger partial charge in [-0.05, 0) is 47.2 Å². The molecule has 29 heavy (non-hydrogen) atoms. The van der Waals surface area contributed by atoms with Crippen molar-refractivity contribution in [3.63, 3.8) is 0 Å². The molecule has 0 aliphatic carbocycles. The largest absolute Gasteiger partial charge is 0.494 e. The number of aromatic nitrogens is 4. The van der Waals surface area contributed by atoms with Crippen LogP contribution in [-0.2, 0) is 17.9 Å². The molecule has 0 fully saturated rings. The Kier molecular flexibility index (Phi) is 6.28. The highest BCUT2D eigenvalue weighted by molar-refractivity contribution is 6.32. The minimum atomic E-state index is -0.585. The second-order valence-electron chi connectivity index (χ2n) is 6.16. The molecule has 0 saturated heterocycles. The second kappa shape index (κ2) is 8.87. The highest BCUT2D eigenvalue weighted by Gasteiger charge is 2.18. The lowest BCUT2D eigenvalue weighted by atomic mass is 10.2. The van der Waals surface area contributed by atoms with Gasteiger partial charge in [-0.25, -0.2) is 9.18 Å². The van der Waals surface area contributed by atoms with E-state index in [9.17, 15) is 14.0 Å². The maximum absolute atomic E-state index is 13.9. The SMILES string of the molecule is CCN(Cc1ccc(OC)c(F)c1)C(=O)Cn1nnn(-c2ccccc2Cl)c1=O. The van der Waals surface area contributed by atoms with Crippen molar-refractivity contribution in [1.29, 1.82) is 0 Å². The van der Waals surface area contributed by atoms with Crippen LogP contribution < -0.4 is 10.4 Å². The third-order valence-electron chi connectivity index (χ3n) is 4.33. The summed E-state index contributed by atoms with van der Waals surface area (Å²) >= 11 is 6.09. The molecule has 1 amide bonds. The summed E-state index contributed by atoms with van der Waals surface area (Å²) in [6, 6.07) is 11.2. The minimum Gasteiger partial charge on any atom is -0.494 e. The summed E-state index contributed by atoms with van der Waals surface area (Å²) in [5, 5.41) is 7.90. The van der Waals surface area contributed by atoms with E-state index in [1.165, 1.54) is 24.1 Å². The van der Waals surface area contributed by atoms with Crippen molar-refractivity contribution in [2.75, 3.05) is 13.7 Å². The number of nitrogens with zero attached hydrogens (tertiary/aromatic N) is 5. The predicted octanol–water partition coefficient (Wildman–Crippen LogP) is 2.28. The van der Waals surface area contributed by atoms with Gasteiger partial charge in [0.25, 0.3) is 0 Å². The van der Waals surface area contributed by atoms with E-state index in [1.807, 2.05) is 0 Å². The van der Waals surface area contributed by atoms with E-state index in [0.717, 1.165) is 9.36 Å². The Morgan fingerprint density at radius 3 is 2.66 bits per heavy atom. The molecule has 8 nitrogen and oxygen atoms in total. The standard InChI is InChI=1S/C19H19ClFN5O3/c1-3-24(11-13-8-9-17(29-2)15(21)10-13)18(27)12-25-19(28)26(23-22-25)16-7-5-4-6-14(16)20/h4-10H,3,11-12H2,1-2H3. The Morgan fingerprint density at radius 1 is 1.24 bits per heavy atom. The molecule has 0 bridgehead atoms. The Morgan fingerprint density at radius 2 is 2.00 bits per heavy atom. The molecule has 0 aliphatic rings. The van der Waals surface area contributed by atoms with Gasteiger partial charge in [0.2, 0.25) is 5.91 Å². The van der Waals surface area contributed by atoms with Crippen LogP contribution >= 0.6 is 11.6 Å². The normalized spacial score (nSPS) is 10.8. The molecule has 0 unspecified atom stereocenters. The summed E-state index contributed by atoms with van der Waals surface area (Å²) in [5.74, 6) is -0.727. The van der Waals surface area contributed by atoms with Gasteiger partial charge >= 0.3 is 5.69 Å². The van der Waals surface area contributed by atoms with E-state index in [-0.39, 0.29) is 24.7 Å². The number of amides is 1. The summed E-state index contributed by atoms with van der Waals surface area (Å²) in [6.45, 7) is 2.06. The molecule has 1 heterocycles. The summed E-state index contributed by atoms with van der Waals surface area (Å²) in [5.41, 5.74) is 0.391. The number of halogens is 2. The van der Waals surface area contributed by atoms with Gasteiger partial charge in [-0.2, -0.15) is 9.36 Å². The third kappa shape index (κ3) is 4.45. The molecule has 152 valence electrons. The van der Waals surface area contributed by atoms with Crippen molar-refractivity contribution >= 4 is 17.5 Å². The van der Waals surface area contributed by atoms with Crippen LogP contribution in [0.3, 0.4) is 0 Å². The number of carbonyl (C=O) groups excluding carboxylic acids is 1. The average Bonchev–Trinajstić information content (AvgIpc) is 3.06. The Hall–Kier alpha value is -3.20. The number of likely N-dealkylation sites (N-methyl/N-ethyl adjacent to an activating group) is 1. The second-order valence-corrected chi connectivity index (χ2v) is 6.57. The molecule has 0 N–H and O–H groups in total. The molecular weight excluding hydrogens is 401 g/mol. The molecule has 2 aromatic carbocycles. The molecular formula is C19H19ClFN5O3. The molecule has 3 rings (SSSR count). The number of rotatable bonds is 7. The molecule has 0 aliphatic heterocycles. The van der Waals surface area contributed by atoms with Gasteiger partial charge in [-0.1, -0.05) is 29.8 Å². The summed E-state index contributed by atoms with van der Waals surface area (Å²) in [6.07, 6.45) is 0. The fourth-order valence-electron chi connectivity index (χ4n) is 2.78. The zero-order chi connectivity index (χ0) is 21.0. The van der Waals surface area contributed by atoms with Crippen molar-refractivity contribution < 1.29 is 13.9 Å². The van der Waals surface area contributed by atoms with Crippen LogP contribution in [0.1, 0.15) is 12.5 Å². The van der Waals surface area contributed by atoms with Crippen LogP contribution in [0.4, 0.5) is 4.39 Å². The number of hydrogen-bond acceptors (Lipinski definition) is 5. The van der Waals surface area contributed by atoms with E-state index in [1.54, 1.807) is 37.3 Å². The summed E-state index contributed by atoms with van der Waals surface area (Å²) in [4.78, 5) is 26.7. The maximum Gasteiger partial charge on any atom is 0.369 e. The van der Waals surface area contributed by atoms with Crippen LogP contribution in [0.25, 0.3) is 5.69 Å². The number of benzene rings is 2. The van der Waals surface area contributed by atoms with Crippen molar-refractivity contribution in [2.45, 2.75) is 20.0 Å². The zero-order valence-electron chi connectivity index (χ0n) is 15.9. The van der Waals surface area contributed by atoms with Crippen LogP contribution in [-0.4, -0.2) is 44.3 Å². The van der Waals surface area contributed by atoms with Gasteiger partial charge in [0.1, 0.15) is 6.54 Å². The number of carbonyl (C=O) groups is 1. The lowest BCUT2D eigenvalue weighted by Crippen LogP contribution is -2.36. The first-order chi connectivity index (χ1) is 13.9. The van der Waals surface area contributed by atoms with E-state index >= 15 is 0 Å². The van der Waals surface area contributed by atoms with Gasteiger partial charge in [-0.15, -0.1) is 0 Å².